The molecule has 2 nitrogen and oxygen atoms in total. The lowest BCUT2D eigenvalue weighted by atomic mass is 10.2. The number of halogens is 1. The van der Waals surface area contributed by atoms with E-state index < -0.39 is 0 Å². The average Bonchev–Trinajstić information content (AvgIpc) is 2.03. The molecular formula is C7H7ClN2S. The Kier molecular flexibility index (Phi) is 2.82. The summed E-state index contributed by atoms with van der Waals surface area (Å²) < 4.78 is 0. The van der Waals surface area contributed by atoms with E-state index in [1.165, 1.54) is 0 Å². The smallest absolute Gasteiger partial charge is 0.120 e. The third-order valence-corrected chi connectivity index (χ3v) is 1.81. The normalized spacial score (nSPS) is 9.27. The van der Waals surface area contributed by atoms with Crippen LogP contribution < -0.4 is 11.3 Å². The maximum Gasteiger partial charge on any atom is 0.120 e. The van der Waals surface area contributed by atoms with Gasteiger partial charge in [0, 0.05) is 10.6 Å². The van der Waals surface area contributed by atoms with Crippen LogP contribution in [0.4, 0.5) is 0 Å². The zero-order valence-electron chi connectivity index (χ0n) is 5.67. The molecule has 0 aliphatic rings. The summed E-state index contributed by atoms with van der Waals surface area (Å²) in [5.41, 5.74) is 3.21. The molecule has 3 N–H and O–H groups in total. The number of benzene rings is 1. The summed E-state index contributed by atoms with van der Waals surface area (Å²) in [7, 11) is 0. The lowest BCUT2D eigenvalue weighted by molar-refractivity contribution is 1.05. The van der Waals surface area contributed by atoms with Gasteiger partial charge in [0.25, 0.3) is 0 Å². The van der Waals surface area contributed by atoms with Crippen LogP contribution in [0.15, 0.2) is 24.3 Å². The quantitative estimate of drug-likeness (QED) is 0.397. The molecule has 0 amide bonds. The molecular weight excluding hydrogens is 180 g/mol. The van der Waals surface area contributed by atoms with Crippen LogP contribution in [0.25, 0.3) is 0 Å². The SMILES string of the molecule is NNC(=S)c1cccc(Cl)c1. The van der Waals surface area contributed by atoms with Crippen LogP contribution >= 0.6 is 23.8 Å². The minimum atomic E-state index is 0.493. The predicted octanol–water partition coefficient (Wildman–Crippen LogP) is 1.48. The van der Waals surface area contributed by atoms with Crippen molar-refractivity contribution in [3.8, 4) is 0 Å². The Hall–Kier alpha value is -0.640. The number of thiocarbonyl (C=S) groups is 1. The van der Waals surface area contributed by atoms with Gasteiger partial charge in [-0.3, -0.25) is 0 Å². The second kappa shape index (κ2) is 3.67. The van der Waals surface area contributed by atoms with E-state index in [2.05, 4.69) is 5.43 Å². The maximum absolute atomic E-state index is 5.72. The van der Waals surface area contributed by atoms with Crippen molar-refractivity contribution in [1.82, 2.24) is 5.43 Å². The van der Waals surface area contributed by atoms with Crippen molar-refractivity contribution >= 4 is 28.8 Å². The summed E-state index contributed by atoms with van der Waals surface area (Å²) in [6.45, 7) is 0. The van der Waals surface area contributed by atoms with Gasteiger partial charge in [-0.05, 0) is 12.1 Å². The molecule has 11 heavy (non-hydrogen) atoms. The zero-order valence-corrected chi connectivity index (χ0v) is 7.25. The van der Waals surface area contributed by atoms with Crippen molar-refractivity contribution < 1.29 is 0 Å². The molecule has 0 bridgehead atoms. The summed E-state index contributed by atoms with van der Waals surface area (Å²) in [6, 6.07) is 7.20. The van der Waals surface area contributed by atoms with Crippen LogP contribution in [0.5, 0.6) is 0 Å². The second-order valence-corrected chi connectivity index (χ2v) is 2.83. The number of hydrogen-bond donors (Lipinski definition) is 2. The molecule has 0 saturated heterocycles. The minimum Gasteiger partial charge on any atom is -0.314 e. The highest BCUT2D eigenvalue weighted by Crippen LogP contribution is 2.10. The molecule has 1 aromatic carbocycles. The Morgan fingerprint density at radius 3 is 2.82 bits per heavy atom. The van der Waals surface area contributed by atoms with Gasteiger partial charge in [0.05, 0.1) is 0 Å². The summed E-state index contributed by atoms with van der Waals surface area (Å²) in [6.07, 6.45) is 0. The fourth-order valence-corrected chi connectivity index (χ4v) is 1.03. The van der Waals surface area contributed by atoms with Crippen LogP contribution in [0.3, 0.4) is 0 Å². The number of hydrazine groups is 1. The highest BCUT2D eigenvalue weighted by Gasteiger charge is 1.97. The third-order valence-electron chi connectivity index (χ3n) is 1.22. The molecule has 1 aromatic rings. The standard InChI is InChI=1S/C7H7ClN2S/c8-6-3-1-2-5(4-6)7(11)10-9/h1-4H,9H2,(H,10,11). The van der Waals surface area contributed by atoms with E-state index in [1.807, 2.05) is 12.1 Å². The molecule has 58 valence electrons. The zero-order chi connectivity index (χ0) is 8.27. The summed E-state index contributed by atoms with van der Waals surface area (Å²) in [5, 5.41) is 0.653. The Morgan fingerprint density at radius 2 is 2.27 bits per heavy atom. The first kappa shape index (κ1) is 8.46. The molecule has 0 atom stereocenters. The van der Waals surface area contributed by atoms with Gasteiger partial charge in [-0.15, -0.1) is 0 Å². The van der Waals surface area contributed by atoms with Gasteiger partial charge in [0.1, 0.15) is 4.99 Å². The van der Waals surface area contributed by atoms with Gasteiger partial charge in [-0.2, -0.15) is 0 Å². The fraction of sp³-hybridized carbons (Fsp3) is 0. The highest BCUT2D eigenvalue weighted by atomic mass is 35.5. The Labute approximate surface area is 75.3 Å². The number of rotatable bonds is 1. The Morgan fingerprint density at radius 1 is 1.55 bits per heavy atom. The molecule has 0 fully saturated rings. The van der Waals surface area contributed by atoms with Gasteiger partial charge in [0.2, 0.25) is 0 Å². The lowest BCUT2D eigenvalue weighted by Gasteiger charge is -2.01. The number of nitrogens with one attached hydrogen (secondary N) is 1. The van der Waals surface area contributed by atoms with E-state index in [9.17, 15) is 0 Å². The molecule has 0 saturated carbocycles. The van der Waals surface area contributed by atoms with E-state index in [1.54, 1.807) is 12.1 Å². The van der Waals surface area contributed by atoms with Crippen molar-refractivity contribution in [3.05, 3.63) is 34.9 Å². The van der Waals surface area contributed by atoms with Crippen LogP contribution in [-0.2, 0) is 0 Å². The van der Waals surface area contributed by atoms with Gasteiger partial charge >= 0.3 is 0 Å². The van der Waals surface area contributed by atoms with Gasteiger partial charge < -0.3 is 5.43 Å². The van der Waals surface area contributed by atoms with Crippen molar-refractivity contribution in [1.29, 1.82) is 0 Å². The molecule has 1 rings (SSSR count). The van der Waals surface area contributed by atoms with E-state index in [0.717, 1.165) is 5.56 Å². The highest BCUT2D eigenvalue weighted by molar-refractivity contribution is 7.80. The fourth-order valence-electron chi connectivity index (χ4n) is 0.713. The van der Waals surface area contributed by atoms with E-state index in [-0.39, 0.29) is 0 Å². The predicted molar refractivity (Wildman–Crippen MR) is 50.5 cm³/mol. The van der Waals surface area contributed by atoms with Gasteiger partial charge in [0.15, 0.2) is 0 Å². The third kappa shape index (κ3) is 2.15. The maximum atomic E-state index is 5.72. The molecule has 0 aliphatic carbocycles. The number of hydrogen-bond acceptors (Lipinski definition) is 2. The second-order valence-electron chi connectivity index (χ2n) is 1.98. The Bertz CT molecular complexity index is 275. The first-order valence-corrected chi connectivity index (χ1v) is 3.79. The van der Waals surface area contributed by atoms with Gasteiger partial charge in [-0.25, -0.2) is 5.84 Å². The minimum absolute atomic E-state index is 0.493. The molecule has 0 aliphatic heterocycles. The molecule has 0 heterocycles. The van der Waals surface area contributed by atoms with E-state index in [4.69, 9.17) is 29.7 Å². The molecule has 0 spiro atoms. The first-order valence-electron chi connectivity index (χ1n) is 3.00. The molecule has 4 heteroatoms. The van der Waals surface area contributed by atoms with Crippen LogP contribution in [0, 0.1) is 0 Å². The van der Waals surface area contributed by atoms with E-state index in [0.29, 0.717) is 10.0 Å². The largest absolute Gasteiger partial charge is 0.314 e. The van der Waals surface area contributed by atoms with E-state index >= 15 is 0 Å². The first-order chi connectivity index (χ1) is 5.24. The average molecular weight is 187 g/mol. The molecule has 0 unspecified atom stereocenters. The van der Waals surface area contributed by atoms with Gasteiger partial charge in [-0.1, -0.05) is 36.0 Å². The van der Waals surface area contributed by atoms with Crippen molar-refractivity contribution in [2.24, 2.45) is 5.84 Å². The molecule has 0 aromatic heterocycles. The summed E-state index contributed by atoms with van der Waals surface area (Å²) >= 11 is 10.6. The summed E-state index contributed by atoms with van der Waals surface area (Å²) in [5.74, 6) is 5.12. The van der Waals surface area contributed by atoms with Crippen molar-refractivity contribution in [2.75, 3.05) is 0 Å². The Balaban J connectivity index is 2.96. The lowest BCUT2D eigenvalue weighted by Crippen LogP contribution is -2.28. The topological polar surface area (TPSA) is 38.0 Å². The van der Waals surface area contributed by atoms with Crippen LogP contribution in [0.1, 0.15) is 5.56 Å². The summed E-state index contributed by atoms with van der Waals surface area (Å²) in [4.78, 5) is 0.493. The number of nitrogens with two attached hydrogens (primary N) is 1. The molecule has 0 radical (unpaired) electrons. The van der Waals surface area contributed by atoms with Crippen molar-refractivity contribution in [3.63, 3.8) is 0 Å². The monoisotopic (exact) mass is 186 g/mol. The van der Waals surface area contributed by atoms with Crippen LogP contribution in [0.2, 0.25) is 5.02 Å². The van der Waals surface area contributed by atoms with Crippen molar-refractivity contribution in [2.45, 2.75) is 0 Å². The van der Waals surface area contributed by atoms with Crippen LogP contribution in [-0.4, -0.2) is 4.99 Å².